The van der Waals surface area contributed by atoms with Crippen LogP contribution in [0.3, 0.4) is 0 Å². The quantitative estimate of drug-likeness (QED) is 0.874. The summed E-state index contributed by atoms with van der Waals surface area (Å²) in [5.74, 6) is 0.558. The fraction of sp³-hybridized carbons (Fsp3) is 0.500. The number of amides is 1. The van der Waals surface area contributed by atoms with E-state index in [4.69, 9.17) is 0 Å². The minimum Gasteiger partial charge on any atom is -0.326 e. The summed E-state index contributed by atoms with van der Waals surface area (Å²) in [6, 6.07) is 7.87. The van der Waals surface area contributed by atoms with Crippen LogP contribution in [0.5, 0.6) is 0 Å². The van der Waals surface area contributed by atoms with E-state index in [1.165, 1.54) is 0 Å². The highest BCUT2D eigenvalue weighted by molar-refractivity contribution is 7.83. The first kappa shape index (κ1) is 17.1. The molecule has 1 aromatic rings. The highest BCUT2D eigenvalue weighted by Gasteiger charge is 2.17. The largest absolute Gasteiger partial charge is 0.326 e. The molecule has 1 aromatic carbocycles. The van der Waals surface area contributed by atoms with Gasteiger partial charge in [0.25, 0.3) is 0 Å². The maximum atomic E-state index is 11.9. The Balaban J connectivity index is 0.00000200. The Kier molecular flexibility index (Phi) is 7.19. The molecule has 2 rings (SSSR count). The summed E-state index contributed by atoms with van der Waals surface area (Å²) in [5, 5.41) is 6.21. The zero-order chi connectivity index (χ0) is 13.7. The molecule has 20 heavy (non-hydrogen) atoms. The van der Waals surface area contributed by atoms with Crippen molar-refractivity contribution in [2.45, 2.75) is 31.1 Å². The zero-order valence-electron chi connectivity index (χ0n) is 11.6. The number of hydrogen-bond donors (Lipinski definition) is 2. The van der Waals surface area contributed by atoms with Crippen molar-refractivity contribution in [3.63, 3.8) is 0 Å². The van der Waals surface area contributed by atoms with E-state index in [9.17, 15) is 9.00 Å². The molecule has 6 heteroatoms. The van der Waals surface area contributed by atoms with Crippen LogP contribution in [0.4, 0.5) is 5.69 Å². The highest BCUT2D eigenvalue weighted by atomic mass is 35.5. The molecular formula is C14H21ClN2O2S. The minimum absolute atomic E-state index is 0. The van der Waals surface area contributed by atoms with Crippen molar-refractivity contribution in [2.24, 2.45) is 0 Å². The van der Waals surface area contributed by atoms with E-state index in [0.717, 1.165) is 30.6 Å². The van der Waals surface area contributed by atoms with Gasteiger partial charge in [0.15, 0.2) is 0 Å². The third-order valence-corrected chi connectivity index (χ3v) is 3.91. The number of rotatable bonds is 5. The second-order valence-corrected chi connectivity index (χ2v) is 6.40. The van der Waals surface area contributed by atoms with Gasteiger partial charge in [0.1, 0.15) is 0 Å². The van der Waals surface area contributed by atoms with Crippen LogP contribution in [-0.2, 0) is 21.3 Å². The molecule has 1 aliphatic heterocycles. The summed E-state index contributed by atoms with van der Waals surface area (Å²) >= 11 is 0. The predicted octanol–water partition coefficient (Wildman–Crippen LogP) is 2.07. The molecule has 2 unspecified atom stereocenters. The SMILES string of the molecule is CS(=O)Cc1cccc(NC(=O)CC2CCCN2)c1.Cl. The summed E-state index contributed by atoms with van der Waals surface area (Å²) in [4.78, 5) is 11.9. The van der Waals surface area contributed by atoms with Gasteiger partial charge in [-0.05, 0) is 37.1 Å². The van der Waals surface area contributed by atoms with Crippen LogP contribution in [0, 0.1) is 0 Å². The lowest BCUT2D eigenvalue weighted by Crippen LogP contribution is -2.27. The standard InChI is InChI=1S/C14H20N2O2S.ClH/c1-19(18)10-11-4-2-5-13(8-11)16-14(17)9-12-6-3-7-15-12;/h2,4-5,8,12,15H,3,6-7,9-10H2,1H3,(H,16,17);1H. The topological polar surface area (TPSA) is 58.2 Å². The molecule has 1 aliphatic rings. The molecule has 1 amide bonds. The highest BCUT2D eigenvalue weighted by Crippen LogP contribution is 2.14. The molecule has 112 valence electrons. The zero-order valence-corrected chi connectivity index (χ0v) is 13.2. The van der Waals surface area contributed by atoms with Gasteiger partial charge in [-0.2, -0.15) is 0 Å². The van der Waals surface area contributed by atoms with Crippen LogP contribution in [0.2, 0.25) is 0 Å². The third-order valence-electron chi connectivity index (χ3n) is 3.17. The lowest BCUT2D eigenvalue weighted by Gasteiger charge is -2.11. The molecule has 1 saturated heterocycles. The molecule has 2 atom stereocenters. The van der Waals surface area contributed by atoms with E-state index in [1.54, 1.807) is 6.26 Å². The Bertz CT molecular complexity index is 476. The summed E-state index contributed by atoms with van der Waals surface area (Å²) in [5.41, 5.74) is 1.77. The number of halogens is 1. The molecule has 0 radical (unpaired) electrons. The molecule has 2 N–H and O–H groups in total. The van der Waals surface area contributed by atoms with Crippen molar-refractivity contribution in [3.05, 3.63) is 29.8 Å². The second-order valence-electron chi connectivity index (χ2n) is 4.96. The van der Waals surface area contributed by atoms with Crippen molar-refractivity contribution in [2.75, 3.05) is 18.1 Å². The number of benzene rings is 1. The Hall–Kier alpha value is -0.910. The summed E-state index contributed by atoms with van der Waals surface area (Å²) in [6.45, 7) is 1.01. The number of anilines is 1. The van der Waals surface area contributed by atoms with E-state index in [1.807, 2.05) is 24.3 Å². The Labute approximate surface area is 128 Å². The van der Waals surface area contributed by atoms with Gasteiger partial charge in [-0.25, -0.2) is 0 Å². The van der Waals surface area contributed by atoms with Gasteiger partial charge in [0.05, 0.1) is 0 Å². The lowest BCUT2D eigenvalue weighted by molar-refractivity contribution is -0.116. The number of hydrogen-bond acceptors (Lipinski definition) is 3. The van der Waals surface area contributed by atoms with Crippen molar-refractivity contribution >= 4 is 34.8 Å². The molecule has 0 spiro atoms. The molecule has 1 fully saturated rings. The van der Waals surface area contributed by atoms with Gasteiger partial charge in [-0.1, -0.05) is 12.1 Å². The predicted molar refractivity (Wildman–Crippen MR) is 85.7 cm³/mol. The third kappa shape index (κ3) is 5.61. The van der Waals surface area contributed by atoms with E-state index in [0.29, 0.717) is 18.2 Å². The maximum absolute atomic E-state index is 11.9. The van der Waals surface area contributed by atoms with Crippen LogP contribution in [0.1, 0.15) is 24.8 Å². The van der Waals surface area contributed by atoms with Gasteiger partial charge < -0.3 is 10.6 Å². The lowest BCUT2D eigenvalue weighted by atomic mass is 10.1. The van der Waals surface area contributed by atoms with Gasteiger partial charge in [0.2, 0.25) is 5.91 Å². The second kappa shape index (κ2) is 8.39. The van der Waals surface area contributed by atoms with Crippen LogP contribution < -0.4 is 10.6 Å². The van der Waals surface area contributed by atoms with E-state index < -0.39 is 10.8 Å². The minimum atomic E-state index is -0.864. The normalized spacial score (nSPS) is 19.1. The maximum Gasteiger partial charge on any atom is 0.225 e. The van der Waals surface area contributed by atoms with Crippen molar-refractivity contribution in [1.82, 2.24) is 5.32 Å². The van der Waals surface area contributed by atoms with E-state index in [-0.39, 0.29) is 18.3 Å². The number of carbonyl (C=O) groups is 1. The van der Waals surface area contributed by atoms with Crippen molar-refractivity contribution in [1.29, 1.82) is 0 Å². The Morgan fingerprint density at radius 2 is 2.30 bits per heavy atom. The molecule has 1 heterocycles. The first-order chi connectivity index (χ1) is 9.13. The summed E-state index contributed by atoms with van der Waals surface area (Å²) in [6.07, 6.45) is 4.42. The number of nitrogens with one attached hydrogen (secondary N) is 2. The molecular weight excluding hydrogens is 296 g/mol. The van der Waals surface area contributed by atoms with E-state index in [2.05, 4.69) is 10.6 Å². The average molecular weight is 317 g/mol. The molecule has 0 aliphatic carbocycles. The van der Waals surface area contributed by atoms with Crippen LogP contribution in [-0.4, -0.2) is 29.0 Å². The molecule has 4 nitrogen and oxygen atoms in total. The van der Waals surface area contributed by atoms with Crippen LogP contribution in [0.25, 0.3) is 0 Å². The summed E-state index contributed by atoms with van der Waals surface area (Å²) in [7, 11) is -0.864. The number of carbonyl (C=O) groups excluding carboxylic acids is 1. The van der Waals surface area contributed by atoms with Gasteiger partial charge in [0, 0.05) is 41.0 Å². The van der Waals surface area contributed by atoms with Crippen LogP contribution >= 0.6 is 12.4 Å². The van der Waals surface area contributed by atoms with Gasteiger partial charge in [-0.15, -0.1) is 12.4 Å². The molecule has 0 bridgehead atoms. The van der Waals surface area contributed by atoms with E-state index >= 15 is 0 Å². The Morgan fingerprint density at radius 1 is 1.50 bits per heavy atom. The summed E-state index contributed by atoms with van der Waals surface area (Å²) < 4.78 is 11.2. The molecule has 0 aromatic heterocycles. The van der Waals surface area contributed by atoms with Crippen LogP contribution in [0.15, 0.2) is 24.3 Å². The fourth-order valence-electron chi connectivity index (χ4n) is 2.34. The van der Waals surface area contributed by atoms with Gasteiger partial charge in [-0.3, -0.25) is 9.00 Å². The average Bonchev–Trinajstić information content (AvgIpc) is 2.81. The monoisotopic (exact) mass is 316 g/mol. The molecule has 0 saturated carbocycles. The first-order valence-corrected chi connectivity index (χ1v) is 8.28. The Morgan fingerprint density at radius 3 is 2.95 bits per heavy atom. The first-order valence-electron chi connectivity index (χ1n) is 6.55. The van der Waals surface area contributed by atoms with Crippen molar-refractivity contribution < 1.29 is 9.00 Å². The van der Waals surface area contributed by atoms with Crippen molar-refractivity contribution in [3.8, 4) is 0 Å². The fourth-order valence-corrected chi connectivity index (χ4v) is 2.99. The van der Waals surface area contributed by atoms with Gasteiger partial charge >= 0.3 is 0 Å². The smallest absolute Gasteiger partial charge is 0.225 e.